The minimum atomic E-state index is -0.271. The van der Waals surface area contributed by atoms with Gasteiger partial charge in [0.1, 0.15) is 5.82 Å². The first-order valence-electron chi connectivity index (χ1n) is 8.89. The smallest absolute Gasteiger partial charge is 0.256 e. The summed E-state index contributed by atoms with van der Waals surface area (Å²) in [6, 6.07) is 15.6. The second-order valence-electron chi connectivity index (χ2n) is 7.29. The number of aromatic amines is 1. The molecule has 5 nitrogen and oxygen atoms in total. The van der Waals surface area contributed by atoms with Crippen molar-refractivity contribution in [3.05, 3.63) is 82.8 Å². The molecule has 6 heteroatoms. The Bertz CT molecular complexity index is 964. The van der Waals surface area contributed by atoms with Gasteiger partial charge in [-0.2, -0.15) is 5.10 Å². The third-order valence-electron chi connectivity index (χ3n) is 5.17. The molecule has 27 heavy (non-hydrogen) atoms. The average molecular weight is 364 g/mol. The van der Waals surface area contributed by atoms with Gasteiger partial charge in [-0.05, 0) is 43.7 Å². The third-order valence-corrected chi connectivity index (χ3v) is 5.17. The summed E-state index contributed by atoms with van der Waals surface area (Å²) < 4.78 is 13.2. The highest BCUT2D eigenvalue weighted by Crippen LogP contribution is 2.41. The summed E-state index contributed by atoms with van der Waals surface area (Å²) in [5.74, 6) is 0.146. The molecule has 138 valence electrons. The van der Waals surface area contributed by atoms with Crippen molar-refractivity contribution in [1.82, 2.24) is 15.1 Å². The number of aromatic nitrogens is 2. The predicted molar refractivity (Wildman–Crippen MR) is 102 cm³/mol. The molecule has 0 saturated carbocycles. The molecule has 0 unspecified atom stereocenters. The lowest BCUT2D eigenvalue weighted by molar-refractivity contribution is 0.102. The largest absolute Gasteiger partial charge is 0.305 e. The van der Waals surface area contributed by atoms with E-state index in [4.69, 9.17) is 0 Å². The molecule has 2 aromatic carbocycles. The Morgan fingerprint density at radius 2 is 1.89 bits per heavy atom. The number of amides is 1. The molecule has 4 rings (SSSR count). The van der Waals surface area contributed by atoms with Gasteiger partial charge in [-0.3, -0.25) is 14.8 Å². The summed E-state index contributed by atoms with van der Waals surface area (Å²) in [7, 11) is 0. The number of nitrogens with zero attached hydrogens (tertiary/aromatic N) is 2. The second kappa shape index (κ2) is 6.63. The summed E-state index contributed by atoms with van der Waals surface area (Å²) in [6.45, 7) is 5.56. The summed E-state index contributed by atoms with van der Waals surface area (Å²) in [4.78, 5) is 14.7. The van der Waals surface area contributed by atoms with E-state index < -0.39 is 0 Å². The van der Waals surface area contributed by atoms with Crippen LogP contribution in [0.3, 0.4) is 0 Å². The van der Waals surface area contributed by atoms with Gasteiger partial charge in [-0.25, -0.2) is 4.39 Å². The van der Waals surface area contributed by atoms with E-state index in [9.17, 15) is 9.18 Å². The number of hydrogen-bond donors (Lipinski definition) is 2. The van der Waals surface area contributed by atoms with Gasteiger partial charge in [-0.1, -0.05) is 30.3 Å². The van der Waals surface area contributed by atoms with Gasteiger partial charge in [0.15, 0.2) is 5.82 Å². The van der Waals surface area contributed by atoms with E-state index in [1.54, 1.807) is 24.3 Å². The predicted octanol–water partition coefficient (Wildman–Crippen LogP) is 4.05. The molecule has 1 aliphatic rings. The van der Waals surface area contributed by atoms with Crippen LogP contribution >= 0.6 is 0 Å². The fourth-order valence-corrected chi connectivity index (χ4v) is 3.51. The first-order chi connectivity index (χ1) is 12.9. The van der Waals surface area contributed by atoms with Crippen LogP contribution in [-0.2, 0) is 18.6 Å². The lowest BCUT2D eigenvalue weighted by atomic mass is 10.00. The van der Waals surface area contributed by atoms with Crippen LogP contribution in [-0.4, -0.2) is 21.0 Å². The molecule has 0 saturated heterocycles. The van der Waals surface area contributed by atoms with Gasteiger partial charge < -0.3 is 5.32 Å². The monoisotopic (exact) mass is 364 g/mol. The van der Waals surface area contributed by atoms with Crippen molar-refractivity contribution in [3.63, 3.8) is 0 Å². The zero-order valence-electron chi connectivity index (χ0n) is 15.3. The molecule has 1 amide bonds. The third kappa shape index (κ3) is 3.24. The molecule has 0 aliphatic carbocycles. The van der Waals surface area contributed by atoms with E-state index in [1.165, 1.54) is 12.1 Å². The van der Waals surface area contributed by atoms with Crippen LogP contribution in [0.5, 0.6) is 0 Å². The Kier molecular flexibility index (Phi) is 4.28. The van der Waals surface area contributed by atoms with E-state index in [1.807, 2.05) is 18.2 Å². The average Bonchev–Trinajstić information content (AvgIpc) is 3.17. The van der Waals surface area contributed by atoms with Crippen molar-refractivity contribution in [2.24, 2.45) is 0 Å². The maximum Gasteiger partial charge on any atom is 0.256 e. The number of H-pyrrole nitrogens is 1. The Labute approximate surface area is 157 Å². The number of fused-ring (bicyclic) bond motifs is 1. The molecule has 0 fully saturated rings. The van der Waals surface area contributed by atoms with Crippen molar-refractivity contribution in [1.29, 1.82) is 0 Å². The number of rotatable bonds is 4. The van der Waals surface area contributed by atoms with Gasteiger partial charge in [0, 0.05) is 24.2 Å². The van der Waals surface area contributed by atoms with Crippen molar-refractivity contribution in [2.75, 3.05) is 5.32 Å². The van der Waals surface area contributed by atoms with Gasteiger partial charge in [0.2, 0.25) is 0 Å². The summed E-state index contributed by atoms with van der Waals surface area (Å²) in [5.41, 5.74) is 3.35. The Morgan fingerprint density at radius 1 is 1.19 bits per heavy atom. The van der Waals surface area contributed by atoms with E-state index >= 15 is 0 Å². The van der Waals surface area contributed by atoms with E-state index in [-0.39, 0.29) is 17.3 Å². The van der Waals surface area contributed by atoms with Crippen LogP contribution in [0.25, 0.3) is 0 Å². The fraction of sp³-hybridized carbons (Fsp3) is 0.238. The van der Waals surface area contributed by atoms with Crippen molar-refractivity contribution in [3.8, 4) is 0 Å². The van der Waals surface area contributed by atoms with Crippen LogP contribution in [0.4, 0.5) is 10.2 Å². The van der Waals surface area contributed by atoms with Crippen LogP contribution in [0, 0.1) is 5.82 Å². The standard InChI is InChI=1S/C21H21FN4O/c1-21(2)18-17(13-26(21)12-14-8-10-16(22)11-9-14)19(25-24-18)23-20(27)15-6-4-3-5-7-15/h3-11H,12-13H2,1-2H3,(H2,23,24,25,27). The highest BCUT2D eigenvalue weighted by molar-refractivity contribution is 6.04. The molecular weight excluding hydrogens is 343 g/mol. The highest BCUT2D eigenvalue weighted by atomic mass is 19.1. The van der Waals surface area contributed by atoms with Gasteiger partial charge in [-0.15, -0.1) is 0 Å². The van der Waals surface area contributed by atoms with E-state index in [0.29, 0.717) is 24.5 Å². The van der Waals surface area contributed by atoms with Crippen LogP contribution in [0.2, 0.25) is 0 Å². The maximum atomic E-state index is 13.2. The molecule has 0 spiro atoms. The first kappa shape index (κ1) is 17.4. The Balaban J connectivity index is 1.55. The molecule has 1 aliphatic heterocycles. The SMILES string of the molecule is CC1(C)c2[nH]nc(NC(=O)c3ccccc3)c2CN1Cc1ccc(F)cc1. The first-order valence-corrected chi connectivity index (χ1v) is 8.89. The Morgan fingerprint density at radius 3 is 2.59 bits per heavy atom. The number of benzene rings is 2. The number of nitrogens with one attached hydrogen (secondary N) is 2. The zero-order valence-corrected chi connectivity index (χ0v) is 15.3. The molecule has 3 aromatic rings. The quantitative estimate of drug-likeness (QED) is 0.734. The van der Waals surface area contributed by atoms with Crippen molar-refractivity contribution < 1.29 is 9.18 Å². The van der Waals surface area contributed by atoms with Gasteiger partial charge >= 0.3 is 0 Å². The minimum Gasteiger partial charge on any atom is -0.305 e. The highest BCUT2D eigenvalue weighted by Gasteiger charge is 2.41. The van der Waals surface area contributed by atoms with Crippen LogP contribution in [0.1, 0.15) is 41.0 Å². The zero-order chi connectivity index (χ0) is 19.0. The van der Waals surface area contributed by atoms with Crippen molar-refractivity contribution in [2.45, 2.75) is 32.5 Å². The van der Waals surface area contributed by atoms with Crippen LogP contribution < -0.4 is 5.32 Å². The Hall–Kier alpha value is -2.99. The second-order valence-corrected chi connectivity index (χ2v) is 7.29. The molecule has 0 bridgehead atoms. The topological polar surface area (TPSA) is 61.0 Å². The van der Waals surface area contributed by atoms with E-state index in [2.05, 4.69) is 34.3 Å². The normalized spacial score (nSPS) is 15.5. The lowest BCUT2D eigenvalue weighted by Gasteiger charge is -2.31. The number of carbonyl (C=O) groups is 1. The maximum absolute atomic E-state index is 13.2. The summed E-state index contributed by atoms with van der Waals surface area (Å²) in [5, 5.41) is 10.3. The fourth-order valence-electron chi connectivity index (χ4n) is 3.51. The van der Waals surface area contributed by atoms with Gasteiger partial charge in [0.25, 0.3) is 5.91 Å². The molecule has 1 aromatic heterocycles. The molecule has 2 heterocycles. The summed E-state index contributed by atoms with van der Waals surface area (Å²) in [6.07, 6.45) is 0. The van der Waals surface area contributed by atoms with Crippen molar-refractivity contribution >= 4 is 11.7 Å². The molecule has 2 N–H and O–H groups in total. The number of carbonyl (C=O) groups excluding carboxylic acids is 1. The van der Waals surface area contributed by atoms with E-state index in [0.717, 1.165) is 16.8 Å². The number of anilines is 1. The summed E-state index contributed by atoms with van der Waals surface area (Å²) >= 11 is 0. The van der Waals surface area contributed by atoms with Crippen LogP contribution in [0.15, 0.2) is 54.6 Å². The number of halogens is 1. The minimum absolute atomic E-state index is 0.181. The number of hydrogen-bond acceptors (Lipinski definition) is 3. The van der Waals surface area contributed by atoms with Gasteiger partial charge in [0.05, 0.1) is 11.2 Å². The molecule has 0 atom stereocenters. The lowest BCUT2D eigenvalue weighted by Crippen LogP contribution is -2.35. The molecule has 0 radical (unpaired) electrons. The molecular formula is C21H21FN4O.